The molecule has 3 heteroatoms. The van der Waals surface area contributed by atoms with Gasteiger partial charge in [-0.25, -0.2) is 15.0 Å². The zero-order valence-corrected chi connectivity index (χ0v) is 34.9. The summed E-state index contributed by atoms with van der Waals surface area (Å²) in [7, 11) is 0. The highest BCUT2D eigenvalue weighted by Crippen LogP contribution is 2.56. The Kier molecular flexibility index (Phi) is 9.23. The maximum Gasteiger partial charge on any atom is 0.164 e. The molecule has 4 aliphatic rings. The van der Waals surface area contributed by atoms with Crippen LogP contribution in [-0.4, -0.2) is 15.0 Å². The number of terminal acetylenes is 5. The Morgan fingerprint density at radius 1 is 0.468 bits per heavy atom. The SMILES string of the molecule is C#CCC1(CC#C)C2=C(CCC=C2)c2ccc(-c3nc(-c4ccc5c(c4)C(CC)(CC#C)c4ccccc4-5)nc(-c4ccc5c(c4)C(CC#C)(CC#C)c4ccccc4-5)n3)cc21. The molecule has 1 unspecified atom stereocenters. The van der Waals surface area contributed by atoms with Crippen molar-refractivity contribution in [2.24, 2.45) is 0 Å². The Labute approximate surface area is 365 Å². The number of benzene rings is 5. The lowest BCUT2D eigenvalue weighted by Gasteiger charge is -2.30. The summed E-state index contributed by atoms with van der Waals surface area (Å²) < 4.78 is 0. The fourth-order valence-corrected chi connectivity index (χ4v) is 11.3. The minimum absolute atomic E-state index is 0.334. The van der Waals surface area contributed by atoms with Crippen molar-refractivity contribution < 1.29 is 0 Å². The summed E-state index contributed by atoms with van der Waals surface area (Å²) in [6.45, 7) is 2.22. The molecular formula is C59H43N3. The molecule has 0 fully saturated rings. The molecule has 1 heterocycles. The van der Waals surface area contributed by atoms with Crippen molar-refractivity contribution in [3.8, 4) is 118 Å². The van der Waals surface area contributed by atoms with Crippen LogP contribution in [0.25, 0.3) is 62.0 Å². The summed E-state index contributed by atoms with van der Waals surface area (Å²) in [6.07, 6.45) is 40.4. The molecule has 0 radical (unpaired) electrons. The van der Waals surface area contributed by atoms with Crippen molar-refractivity contribution in [1.29, 1.82) is 0 Å². The number of fused-ring (bicyclic) bond motifs is 8. The fourth-order valence-electron chi connectivity index (χ4n) is 11.3. The minimum Gasteiger partial charge on any atom is -0.208 e. The molecule has 0 aliphatic heterocycles. The van der Waals surface area contributed by atoms with E-state index >= 15 is 0 Å². The van der Waals surface area contributed by atoms with Crippen LogP contribution in [0.5, 0.6) is 0 Å². The second-order valence-corrected chi connectivity index (χ2v) is 17.0. The van der Waals surface area contributed by atoms with Crippen LogP contribution >= 0.6 is 0 Å². The number of hydrogen-bond donors (Lipinski definition) is 0. The third kappa shape index (κ3) is 5.45. The van der Waals surface area contributed by atoms with Gasteiger partial charge < -0.3 is 0 Å². The van der Waals surface area contributed by atoms with Gasteiger partial charge in [0.25, 0.3) is 0 Å². The predicted molar refractivity (Wildman–Crippen MR) is 253 cm³/mol. The number of allylic oxidation sites excluding steroid dienone is 4. The second kappa shape index (κ2) is 14.8. The molecule has 0 N–H and O–H groups in total. The van der Waals surface area contributed by atoms with E-state index in [9.17, 15) is 0 Å². The summed E-state index contributed by atoms with van der Waals surface area (Å²) in [5, 5.41) is 0. The summed E-state index contributed by atoms with van der Waals surface area (Å²) in [5.41, 5.74) is 15.5. The summed E-state index contributed by atoms with van der Waals surface area (Å²) in [4.78, 5) is 15.9. The topological polar surface area (TPSA) is 38.7 Å². The van der Waals surface area contributed by atoms with Crippen molar-refractivity contribution in [1.82, 2.24) is 15.0 Å². The Morgan fingerprint density at radius 2 is 0.871 bits per heavy atom. The Bertz CT molecular complexity index is 3140. The van der Waals surface area contributed by atoms with Gasteiger partial charge in [0.15, 0.2) is 17.5 Å². The molecule has 1 aromatic heterocycles. The van der Waals surface area contributed by atoms with Gasteiger partial charge in [-0.1, -0.05) is 104 Å². The molecule has 5 aromatic carbocycles. The van der Waals surface area contributed by atoms with Gasteiger partial charge in [-0.2, -0.15) is 0 Å². The first-order valence-corrected chi connectivity index (χ1v) is 21.4. The summed E-state index contributed by atoms with van der Waals surface area (Å²) in [5.74, 6) is 16.6. The third-order valence-electron chi connectivity index (χ3n) is 14.1. The normalized spacial score (nSPS) is 17.5. The number of hydrogen-bond acceptors (Lipinski definition) is 3. The Morgan fingerprint density at radius 3 is 1.37 bits per heavy atom. The van der Waals surface area contributed by atoms with Gasteiger partial charge in [-0.05, 0) is 104 Å². The smallest absolute Gasteiger partial charge is 0.164 e. The van der Waals surface area contributed by atoms with Crippen molar-refractivity contribution >= 4 is 5.57 Å². The van der Waals surface area contributed by atoms with Crippen molar-refractivity contribution in [3.63, 3.8) is 0 Å². The zero-order chi connectivity index (χ0) is 42.6. The van der Waals surface area contributed by atoms with E-state index < -0.39 is 10.8 Å². The minimum atomic E-state index is -0.544. The van der Waals surface area contributed by atoms with Crippen molar-refractivity contribution in [3.05, 3.63) is 154 Å². The van der Waals surface area contributed by atoms with Crippen LogP contribution < -0.4 is 0 Å². The molecular weight excluding hydrogens is 751 g/mol. The fraction of sp³-hybridized carbons (Fsp3) is 0.203. The van der Waals surface area contributed by atoms with Crippen LogP contribution in [0.3, 0.4) is 0 Å². The van der Waals surface area contributed by atoms with Gasteiger partial charge in [0.05, 0.1) is 0 Å². The first-order valence-electron chi connectivity index (χ1n) is 21.4. The summed E-state index contributed by atoms with van der Waals surface area (Å²) >= 11 is 0. The highest BCUT2D eigenvalue weighted by Gasteiger charge is 2.45. The quantitative estimate of drug-likeness (QED) is 0.137. The lowest BCUT2D eigenvalue weighted by Crippen LogP contribution is -2.25. The Balaban J connectivity index is 1.19. The molecule has 0 saturated heterocycles. The largest absolute Gasteiger partial charge is 0.208 e. The number of nitrogens with zero attached hydrogens (tertiary/aromatic N) is 3. The lowest BCUT2D eigenvalue weighted by molar-refractivity contribution is 0.523. The molecule has 62 heavy (non-hydrogen) atoms. The van der Waals surface area contributed by atoms with E-state index in [4.69, 9.17) is 47.1 Å². The highest BCUT2D eigenvalue weighted by atomic mass is 15.0. The van der Waals surface area contributed by atoms with E-state index in [1.54, 1.807) is 0 Å². The van der Waals surface area contributed by atoms with Crippen LogP contribution in [0, 0.1) is 61.7 Å². The Hall–Kier alpha value is -7.61. The first-order chi connectivity index (χ1) is 30.4. The standard InChI is InChI=1S/C59H43N3/c1-7-31-57(12-6)48-22-16-13-19-42(48)45-28-25-39(36-51(45)57)54-60-55(40-26-29-46-43-20-14-17-23-49(43)58(32-8-2,33-9-3)52(46)37-40)62-56(61-54)41-27-30-47-44-21-15-18-24-50(44)59(34-10-4,35-11-5)53(47)38-41/h1-5,13-14,16-20,22-30,36-38H,12,15,21,31-35H2,6H3. The lowest BCUT2D eigenvalue weighted by atomic mass is 9.71. The predicted octanol–water partition coefficient (Wildman–Crippen LogP) is 12.3. The van der Waals surface area contributed by atoms with Gasteiger partial charge >= 0.3 is 0 Å². The third-order valence-corrected chi connectivity index (χ3v) is 14.1. The maximum atomic E-state index is 6.13. The van der Waals surface area contributed by atoms with Crippen molar-refractivity contribution in [2.45, 2.75) is 74.5 Å². The van der Waals surface area contributed by atoms with Crippen LogP contribution in [0.15, 0.2) is 121 Å². The molecule has 10 rings (SSSR count). The van der Waals surface area contributed by atoms with Crippen LogP contribution in [0.4, 0.5) is 0 Å². The monoisotopic (exact) mass is 793 g/mol. The molecule has 0 saturated carbocycles. The molecule has 0 spiro atoms. The van der Waals surface area contributed by atoms with Gasteiger partial charge in [0.1, 0.15) is 0 Å². The van der Waals surface area contributed by atoms with E-state index in [1.807, 2.05) is 0 Å². The van der Waals surface area contributed by atoms with Gasteiger partial charge in [-0.3, -0.25) is 0 Å². The van der Waals surface area contributed by atoms with E-state index in [2.05, 4.69) is 152 Å². The average molecular weight is 794 g/mol. The molecule has 0 amide bonds. The highest BCUT2D eigenvalue weighted by molar-refractivity contribution is 5.88. The van der Waals surface area contributed by atoms with E-state index in [0.717, 1.165) is 63.8 Å². The first kappa shape index (κ1) is 38.6. The molecule has 4 aliphatic carbocycles. The van der Waals surface area contributed by atoms with Gasteiger partial charge in [0, 0.05) is 65.0 Å². The zero-order valence-electron chi connectivity index (χ0n) is 34.9. The number of aromatic nitrogens is 3. The summed E-state index contributed by atoms with van der Waals surface area (Å²) in [6, 6.07) is 36.7. The van der Waals surface area contributed by atoms with Crippen LogP contribution in [0.1, 0.15) is 91.7 Å². The second-order valence-electron chi connectivity index (χ2n) is 17.0. The molecule has 6 aromatic rings. The molecule has 294 valence electrons. The molecule has 0 bridgehead atoms. The van der Waals surface area contributed by atoms with Crippen LogP contribution in [0.2, 0.25) is 0 Å². The average Bonchev–Trinajstić information content (AvgIpc) is 3.86. The molecule has 3 nitrogen and oxygen atoms in total. The van der Waals surface area contributed by atoms with E-state index in [-0.39, 0.29) is 5.41 Å². The maximum absolute atomic E-state index is 6.13. The van der Waals surface area contributed by atoms with E-state index in [0.29, 0.717) is 49.6 Å². The van der Waals surface area contributed by atoms with Crippen LogP contribution in [-0.2, 0) is 16.2 Å². The number of rotatable bonds is 9. The van der Waals surface area contributed by atoms with Gasteiger partial charge in [-0.15, -0.1) is 61.7 Å². The van der Waals surface area contributed by atoms with E-state index in [1.165, 1.54) is 39.0 Å². The van der Waals surface area contributed by atoms with Gasteiger partial charge in [0.2, 0.25) is 0 Å². The molecule has 1 atom stereocenters. The van der Waals surface area contributed by atoms with Crippen molar-refractivity contribution in [2.75, 3.05) is 0 Å².